The number of halogens is 3. The van der Waals surface area contributed by atoms with Gasteiger partial charge in [0.05, 0.1) is 0 Å². The van der Waals surface area contributed by atoms with Gasteiger partial charge >= 0.3 is 6.18 Å². The Morgan fingerprint density at radius 1 is 0.960 bits per heavy atom. The zero-order valence-electron chi connectivity index (χ0n) is 12.4. The number of fused-ring (bicyclic) bond motifs is 1. The SMILES string of the molecule is Oc1cc(O)c2c(c1)O[C@H](c1ccc(O)c(O)c1)[C@](O)(C(F)(F)F)C2. The first-order chi connectivity index (χ1) is 11.5. The van der Waals surface area contributed by atoms with Gasteiger partial charge in [-0.05, 0) is 17.7 Å². The number of aliphatic hydroxyl groups is 1. The normalized spacial score (nSPS) is 23.0. The first kappa shape index (κ1) is 17.0. The highest BCUT2D eigenvalue weighted by Gasteiger charge is 2.62. The van der Waals surface area contributed by atoms with E-state index >= 15 is 0 Å². The minimum absolute atomic E-state index is 0.232. The predicted octanol–water partition coefficient (Wildman–Crippen LogP) is 2.48. The topological polar surface area (TPSA) is 110 Å². The average molecular weight is 358 g/mol. The summed E-state index contributed by atoms with van der Waals surface area (Å²) < 4.78 is 46.0. The quantitative estimate of drug-likeness (QED) is 0.501. The number of phenolic OH excluding ortho intramolecular Hbond substituents is 4. The van der Waals surface area contributed by atoms with Gasteiger partial charge in [0.1, 0.15) is 17.2 Å². The molecular weight excluding hydrogens is 345 g/mol. The Morgan fingerprint density at radius 3 is 2.24 bits per heavy atom. The number of benzene rings is 2. The van der Waals surface area contributed by atoms with Crippen LogP contribution in [0.4, 0.5) is 13.2 Å². The van der Waals surface area contributed by atoms with Crippen LogP contribution in [0.5, 0.6) is 28.7 Å². The van der Waals surface area contributed by atoms with Crippen LogP contribution in [0.2, 0.25) is 0 Å². The highest BCUT2D eigenvalue weighted by Crippen LogP contribution is 2.52. The Morgan fingerprint density at radius 2 is 1.64 bits per heavy atom. The average Bonchev–Trinajstić information content (AvgIpc) is 2.49. The number of phenols is 4. The molecule has 1 aliphatic rings. The molecular formula is C16H13F3O6. The fourth-order valence-corrected chi connectivity index (χ4v) is 2.78. The van der Waals surface area contributed by atoms with Gasteiger partial charge in [-0.2, -0.15) is 13.2 Å². The third-order valence-corrected chi connectivity index (χ3v) is 4.09. The molecule has 0 amide bonds. The number of hydrogen-bond acceptors (Lipinski definition) is 6. The van der Waals surface area contributed by atoms with Crippen molar-refractivity contribution in [3.8, 4) is 28.7 Å². The van der Waals surface area contributed by atoms with E-state index in [4.69, 9.17) is 4.74 Å². The minimum Gasteiger partial charge on any atom is -0.508 e. The van der Waals surface area contributed by atoms with E-state index in [9.17, 15) is 38.7 Å². The Balaban J connectivity index is 2.18. The van der Waals surface area contributed by atoms with Crippen molar-refractivity contribution in [1.29, 1.82) is 0 Å². The van der Waals surface area contributed by atoms with Crippen molar-refractivity contribution < 1.29 is 43.4 Å². The highest BCUT2D eigenvalue weighted by atomic mass is 19.4. The van der Waals surface area contributed by atoms with Gasteiger partial charge in [0.25, 0.3) is 0 Å². The van der Waals surface area contributed by atoms with Crippen LogP contribution in [0.1, 0.15) is 17.2 Å². The molecule has 3 rings (SSSR count). The molecule has 0 aliphatic carbocycles. The van der Waals surface area contributed by atoms with Crippen LogP contribution in [0, 0.1) is 0 Å². The summed E-state index contributed by atoms with van der Waals surface area (Å²) in [7, 11) is 0. The van der Waals surface area contributed by atoms with Crippen LogP contribution >= 0.6 is 0 Å². The molecule has 5 N–H and O–H groups in total. The molecule has 0 bridgehead atoms. The molecule has 2 aromatic carbocycles. The molecule has 2 atom stereocenters. The minimum atomic E-state index is -5.13. The molecule has 0 fully saturated rings. The summed E-state index contributed by atoms with van der Waals surface area (Å²) in [6.07, 6.45) is -8.15. The third kappa shape index (κ3) is 2.66. The second-order valence-electron chi connectivity index (χ2n) is 5.79. The molecule has 1 aliphatic heterocycles. The van der Waals surface area contributed by atoms with Crippen LogP contribution in [0.15, 0.2) is 30.3 Å². The fraction of sp³-hybridized carbons (Fsp3) is 0.250. The maximum Gasteiger partial charge on any atom is 0.421 e. The summed E-state index contributed by atoms with van der Waals surface area (Å²) in [6, 6.07) is 4.71. The van der Waals surface area contributed by atoms with Crippen LogP contribution in [0.25, 0.3) is 0 Å². The van der Waals surface area contributed by atoms with Crippen molar-refractivity contribution in [2.75, 3.05) is 0 Å². The second-order valence-corrected chi connectivity index (χ2v) is 5.79. The standard InChI is InChI=1S/C16H13F3O6/c17-16(18,19)15(24)6-9-11(22)4-8(20)5-13(9)25-14(15)7-1-2-10(21)12(23)3-7/h1-5,14,20-24H,6H2/t14-,15+/m1/s1. The predicted molar refractivity (Wildman–Crippen MR) is 77.6 cm³/mol. The molecule has 0 aromatic heterocycles. The molecule has 0 unspecified atom stereocenters. The lowest BCUT2D eigenvalue weighted by Crippen LogP contribution is -2.55. The number of alkyl halides is 3. The van der Waals surface area contributed by atoms with E-state index in [0.29, 0.717) is 0 Å². The van der Waals surface area contributed by atoms with Crippen molar-refractivity contribution in [2.24, 2.45) is 0 Å². The molecule has 1 heterocycles. The Labute approximate surface area is 139 Å². The van der Waals surface area contributed by atoms with Gasteiger partial charge in [0.2, 0.25) is 5.60 Å². The molecule has 134 valence electrons. The van der Waals surface area contributed by atoms with E-state index in [0.717, 1.165) is 30.3 Å². The van der Waals surface area contributed by atoms with E-state index < -0.39 is 47.3 Å². The highest BCUT2D eigenvalue weighted by molar-refractivity contribution is 5.53. The number of ether oxygens (including phenoxy) is 1. The molecule has 0 spiro atoms. The van der Waals surface area contributed by atoms with Crippen LogP contribution in [-0.2, 0) is 6.42 Å². The van der Waals surface area contributed by atoms with Crippen LogP contribution in [0.3, 0.4) is 0 Å². The summed E-state index contributed by atoms with van der Waals surface area (Å²) in [4.78, 5) is 0. The number of rotatable bonds is 1. The molecule has 0 saturated carbocycles. The van der Waals surface area contributed by atoms with Gasteiger partial charge < -0.3 is 30.3 Å². The van der Waals surface area contributed by atoms with Gasteiger partial charge in [-0.25, -0.2) is 0 Å². The molecule has 9 heteroatoms. The van der Waals surface area contributed by atoms with E-state index in [2.05, 4.69) is 0 Å². The summed E-state index contributed by atoms with van der Waals surface area (Å²) in [6.45, 7) is 0. The largest absolute Gasteiger partial charge is 0.508 e. The van der Waals surface area contributed by atoms with Gasteiger partial charge in [-0.1, -0.05) is 6.07 Å². The smallest absolute Gasteiger partial charge is 0.421 e. The zero-order chi connectivity index (χ0) is 18.6. The van der Waals surface area contributed by atoms with E-state index in [1.165, 1.54) is 0 Å². The Bertz CT molecular complexity index is 835. The van der Waals surface area contributed by atoms with Crippen molar-refractivity contribution >= 4 is 0 Å². The Kier molecular flexibility index (Phi) is 3.64. The first-order valence-electron chi connectivity index (χ1n) is 7.05. The van der Waals surface area contributed by atoms with Gasteiger partial charge in [0, 0.05) is 24.1 Å². The van der Waals surface area contributed by atoms with Crippen molar-refractivity contribution in [2.45, 2.75) is 24.3 Å². The molecule has 25 heavy (non-hydrogen) atoms. The summed E-state index contributed by atoms with van der Waals surface area (Å²) in [5.74, 6) is -2.55. The van der Waals surface area contributed by atoms with Crippen molar-refractivity contribution in [1.82, 2.24) is 0 Å². The zero-order valence-corrected chi connectivity index (χ0v) is 12.4. The summed E-state index contributed by atoms with van der Waals surface area (Å²) >= 11 is 0. The lowest BCUT2D eigenvalue weighted by molar-refractivity contribution is -0.292. The van der Waals surface area contributed by atoms with Crippen molar-refractivity contribution in [3.05, 3.63) is 41.5 Å². The lowest BCUT2D eigenvalue weighted by Gasteiger charge is -2.42. The van der Waals surface area contributed by atoms with Crippen molar-refractivity contribution in [3.63, 3.8) is 0 Å². The van der Waals surface area contributed by atoms with E-state index in [1.807, 2.05) is 0 Å². The van der Waals surface area contributed by atoms with E-state index in [1.54, 1.807) is 0 Å². The van der Waals surface area contributed by atoms with Crippen LogP contribution < -0.4 is 4.74 Å². The molecule has 0 radical (unpaired) electrons. The first-order valence-corrected chi connectivity index (χ1v) is 7.05. The summed E-state index contributed by atoms with van der Waals surface area (Å²) in [5, 5.41) is 48.5. The van der Waals surface area contributed by atoms with Gasteiger partial charge in [0.15, 0.2) is 17.6 Å². The van der Waals surface area contributed by atoms with Gasteiger partial charge in [-0.3, -0.25) is 0 Å². The maximum atomic E-state index is 13.6. The molecule has 2 aromatic rings. The second kappa shape index (κ2) is 5.35. The monoisotopic (exact) mass is 358 g/mol. The maximum absolute atomic E-state index is 13.6. The summed E-state index contributed by atoms with van der Waals surface area (Å²) in [5.41, 5.74) is -3.96. The van der Waals surface area contributed by atoms with Crippen LogP contribution in [-0.4, -0.2) is 37.3 Å². The fourth-order valence-electron chi connectivity index (χ4n) is 2.78. The van der Waals surface area contributed by atoms with E-state index in [-0.39, 0.29) is 16.9 Å². The van der Waals surface area contributed by atoms with Gasteiger partial charge in [-0.15, -0.1) is 0 Å². The Hall–Kier alpha value is -2.81. The number of hydrogen-bond donors (Lipinski definition) is 5. The third-order valence-electron chi connectivity index (χ3n) is 4.09. The molecule has 0 saturated heterocycles. The lowest BCUT2D eigenvalue weighted by atomic mass is 9.81. The molecule has 6 nitrogen and oxygen atoms in total. The number of aromatic hydroxyl groups is 4.